The second-order valence-corrected chi connectivity index (χ2v) is 21.0. The molecule has 7 aliphatic carbocycles. The molecule has 11 rings (SSSR count). The van der Waals surface area contributed by atoms with Gasteiger partial charge in [0.15, 0.2) is 0 Å². The third-order valence-electron chi connectivity index (χ3n) is 18.2. The van der Waals surface area contributed by atoms with Crippen LogP contribution in [0.5, 0.6) is 0 Å². The van der Waals surface area contributed by atoms with Gasteiger partial charge in [0.25, 0.3) is 0 Å². The van der Waals surface area contributed by atoms with Crippen molar-refractivity contribution in [3.05, 3.63) is 107 Å². The maximum Gasteiger partial charge on any atom is 0.0544 e. The van der Waals surface area contributed by atoms with E-state index in [-0.39, 0.29) is 16.4 Å². The Morgan fingerprint density at radius 3 is 2.39 bits per heavy atom. The minimum Gasteiger partial charge on any atom is -0.362 e. The first-order valence-electron chi connectivity index (χ1n) is 21.2. The molecule has 3 saturated carbocycles. The third kappa shape index (κ3) is 3.85. The number of fused-ring (bicyclic) bond motifs is 2. The van der Waals surface area contributed by atoms with Crippen LogP contribution in [0.1, 0.15) is 105 Å². The molecule has 3 saturated heterocycles. The van der Waals surface area contributed by atoms with E-state index in [4.69, 9.17) is 0 Å². The summed E-state index contributed by atoms with van der Waals surface area (Å²) >= 11 is 0. The van der Waals surface area contributed by atoms with Crippen LogP contribution in [0.25, 0.3) is 0 Å². The van der Waals surface area contributed by atoms with E-state index in [0.717, 1.165) is 36.0 Å². The normalized spacial score (nSPS) is 48.1. The summed E-state index contributed by atoms with van der Waals surface area (Å²) in [5.41, 5.74) is 9.28. The highest BCUT2D eigenvalue weighted by Gasteiger charge is 2.84. The topological polar surface area (TPSA) is 6.48 Å². The van der Waals surface area contributed by atoms with Crippen LogP contribution in [0, 0.1) is 63.6 Å². The van der Waals surface area contributed by atoms with E-state index in [2.05, 4.69) is 144 Å². The van der Waals surface area contributed by atoms with Gasteiger partial charge in [-0.1, -0.05) is 132 Å². The molecular weight excluding hydrogens is 617 g/mol. The van der Waals surface area contributed by atoms with E-state index >= 15 is 0 Å². The van der Waals surface area contributed by atoms with Gasteiger partial charge < -0.3 is 4.90 Å². The predicted molar refractivity (Wildman–Crippen MR) is 210 cm³/mol. The molecule has 1 aromatic rings. The fraction of sp³-hybridized carbons (Fsp3) is 0.633. The highest BCUT2D eigenvalue weighted by atomic mass is 15.4. The van der Waals surface area contributed by atoms with E-state index < -0.39 is 0 Å². The number of piperidine rings is 3. The van der Waals surface area contributed by atoms with Crippen LogP contribution in [-0.4, -0.2) is 39.5 Å². The van der Waals surface area contributed by atoms with E-state index in [1.807, 2.05) is 11.1 Å². The zero-order valence-electron chi connectivity index (χ0n) is 32.6. The van der Waals surface area contributed by atoms with Crippen molar-refractivity contribution in [1.29, 1.82) is 0 Å². The molecule has 2 heteroatoms. The Bertz CT molecular complexity index is 1860. The summed E-state index contributed by atoms with van der Waals surface area (Å²) in [5, 5.41) is 0. The second kappa shape index (κ2) is 10.1. The van der Waals surface area contributed by atoms with Crippen LogP contribution in [-0.2, 0) is 0 Å². The number of benzene rings is 1. The summed E-state index contributed by atoms with van der Waals surface area (Å²) in [7, 11) is 0. The molecule has 0 N–H and O–H groups in total. The summed E-state index contributed by atoms with van der Waals surface area (Å²) in [6.45, 7) is 21.2. The Hall–Kier alpha value is -2.58. The summed E-state index contributed by atoms with van der Waals surface area (Å²) in [6.07, 6.45) is 28.7. The quantitative estimate of drug-likeness (QED) is 0.293. The van der Waals surface area contributed by atoms with Crippen molar-refractivity contribution in [3.63, 3.8) is 0 Å². The van der Waals surface area contributed by atoms with Crippen molar-refractivity contribution in [2.75, 3.05) is 0 Å². The van der Waals surface area contributed by atoms with Crippen LogP contribution in [0.4, 0.5) is 0 Å². The van der Waals surface area contributed by atoms with E-state index in [9.17, 15) is 0 Å². The van der Waals surface area contributed by atoms with Gasteiger partial charge in [0.05, 0.1) is 5.54 Å². The molecule has 0 amide bonds. The minimum atomic E-state index is 0.211. The van der Waals surface area contributed by atoms with Crippen molar-refractivity contribution in [1.82, 2.24) is 9.80 Å². The lowest BCUT2D eigenvalue weighted by molar-refractivity contribution is -0.184. The Balaban J connectivity index is 1.03. The molecule has 1 spiro atoms. The molecule has 268 valence electrons. The molecule has 3 aliphatic heterocycles. The summed E-state index contributed by atoms with van der Waals surface area (Å²) in [6, 6.07) is 13.6. The third-order valence-corrected chi connectivity index (χ3v) is 18.2. The molecule has 0 radical (unpaired) electrons. The molecule has 2 nitrogen and oxygen atoms in total. The fourth-order valence-electron chi connectivity index (χ4n) is 16.0. The Morgan fingerprint density at radius 1 is 0.863 bits per heavy atom. The summed E-state index contributed by atoms with van der Waals surface area (Å²) in [4.78, 5) is 6.36. The fourth-order valence-corrected chi connectivity index (χ4v) is 16.0. The lowest BCUT2D eigenvalue weighted by Crippen LogP contribution is -2.77. The maximum atomic E-state index is 3.32. The van der Waals surface area contributed by atoms with Gasteiger partial charge in [0.2, 0.25) is 0 Å². The molecule has 10 aliphatic rings. The van der Waals surface area contributed by atoms with E-state index in [1.165, 1.54) is 43.4 Å². The van der Waals surface area contributed by atoms with Crippen molar-refractivity contribution in [2.45, 2.75) is 130 Å². The van der Waals surface area contributed by atoms with Crippen molar-refractivity contribution < 1.29 is 0 Å². The van der Waals surface area contributed by atoms with Gasteiger partial charge in [-0.15, -0.1) is 0 Å². The minimum absolute atomic E-state index is 0.211. The lowest BCUT2D eigenvalue weighted by atomic mass is 9.44. The number of rotatable bonds is 4. The Kier molecular flexibility index (Phi) is 6.34. The number of nitrogens with zero attached hydrogens (tertiary/aromatic N) is 2. The highest BCUT2D eigenvalue weighted by Crippen LogP contribution is 2.82. The first-order chi connectivity index (χ1) is 24.4. The highest BCUT2D eigenvalue weighted by molar-refractivity contribution is 5.56. The zero-order chi connectivity index (χ0) is 35.0. The van der Waals surface area contributed by atoms with Gasteiger partial charge in [-0.25, -0.2) is 0 Å². The summed E-state index contributed by atoms with van der Waals surface area (Å²) < 4.78 is 0. The van der Waals surface area contributed by atoms with Crippen LogP contribution in [0.15, 0.2) is 101 Å². The monoisotopic (exact) mass is 678 g/mol. The Labute approximate surface area is 308 Å². The molecular formula is C49H62N2. The van der Waals surface area contributed by atoms with Crippen molar-refractivity contribution in [3.8, 4) is 0 Å². The van der Waals surface area contributed by atoms with Gasteiger partial charge in [0, 0.05) is 41.7 Å². The standard InChI is InChI=1S/C49H62N2/c1-28-24-33(25-35-29(2)42(28)35)50(32-22-20-31(21-23-32)30-14-10-9-11-15-30)34-26-39-44-40(27-34)48(7,8)45-38-18-13-19-41-47(5,6)37-17-12-16-36(46(39,3)4)43(37)51(44)49(38,41)45/h9-11,13-16,18-20,22-24,29,31,33-35,37-40,42-45H,12,17,21,25-27H2,1-8H3. The molecule has 0 aromatic heterocycles. The van der Waals surface area contributed by atoms with Crippen molar-refractivity contribution >= 4 is 0 Å². The first kappa shape index (κ1) is 31.9. The number of hydrogen-bond donors (Lipinski definition) is 0. The average molecular weight is 679 g/mol. The Morgan fingerprint density at radius 2 is 1.65 bits per heavy atom. The van der Waals surface area contributed by atoms with Crippen LogP contribution >= 0.6 is 0 Å². The lowest BCUT2D eigenvalue weighted by Gasteiger charge is -2.73. The van der Waals surface area contributed by atoms with Gasteiger partial charge in [-0.2, -0.15) is 0 Å². The SMILES string of the molecule is CC1=CC(N(C2=CCC(c3ccccc3)C=C2)C2CC3C4C(C2)C(C)(C)C2C5C=CC=C6C(C)(C)C7CCC=C(C7N4C652)C3(C)C)CC2C(C)C12. The van der Waals surface area contributed by atoms with E-state index in [0.29, 0.717) is 53.3 Å². The molecule has 51 heavy (non-hydrogen) atoms. The average Bonchev–Trinajstić information content (AvgIpc) is 4.00. The van der Waals surface area contributed by atoms with Gasteiger partial charge >= 0.3 is 0 Å². The van der Waals surface area contributed by atoms with Crippen LogP contribution < -0.4 is 0 Å². The van der Waals surface area contributed by atoms with E-state index in [1.54, 1.807) is 5.57 Å². The largest absolute Gasteiger partial charge is 0.362 e. The van der Waals surface area contributed by atoms with Gasteiger partial charge in [0.1, 0.15) is 0 Å². The number of allylic oxidation sites excluding steroid dienone is 7. The second-order valence-electron chi connectivity index (χ2n) is 21.0. The van der Waals surface area contributed by atoms with Crippen LogP contribution in [0.3, 0.4) is 0 Å². The molecule has 3 heterocycles. The number of hydrogen-bond acceptors (Lipinski definition) is 2. The first-order valence-corrected chi connectivity index (χ1v) is 21.2. The molecule has 0 bridgehead atoms. The molecule has 6 fully saturated rings. The van der Waals surface area contributed by atoms with Gasteiger partial charge in [-0.05, 0) is 120 Å². The molecule has 14 unspecified atom stereocenters. The smallest absolute Gasteiger partial charge is 0.0544 e. The zero-order valence-corrected chi connectivity index (χ0v) is 32.6. The van der Waals surface area contributed by atoms with Gasteiger partial charge in [-0.3, -0.25) is 4.90 Å². The van der Waals surface area contributed by atoms with Crippen molar-refractivity contribution in [2.24, 2.45) is 63.6 Å². The molecule has 1 aromatic carbocycles. The predicted octanol–water partition coefficient (Wildman–Crippen LogP) is 10.9. The summed E-state index contributed by atoms with van der Waals surface area (Å²) in [5.74, 6) is 6.53. The molecule has 14 atom stereocenters. The van der Waals surface area contributed by atoms with Crippen LogP contribution in [0.2, 0.25) is 0 Å². The maximum absolute atomic E-state index is 3.32.